The molecule has 0 atom stereocenters. The third kappa shape index (κ3) is 1.56. The van der Waals surface area contributed by atoms with Crippen molar-refractivity contribution in [2.75, 3.05) is 13.1 Å². The van der Waals surface area contributed by atoms with Crippen LogP contribution in [0.25, 0.3) is 0 Å². The van der Waals surface area contributed by atoms with Crippen molar-refractivity contribution < 1.29 is 0 Å². The molecule has 1 aliphatic rings. The summed E-state index contributed by atoms with van der Waals surface area (Å²) >= 11 is 3.26. The molecule has 1 saturated heterocycles. The molecule has 1 aromatic heterocycles. The number of hydrogen-bond donors (Lipinski definition) is 1. The van der Waals surface area contributed by atoms with Crippen LogP contribution in [0, 0.1) is 6.92 Å². The van der Waals surface area contributed by atoms with Gasteiger partial charge < -0.3 is 9.88 Å². The van der Waals surface area contributed by atoms with E-state index in [1.807, 2.05) is 19.2 Å². The lowest BCUT2D eigenvalue weighted by molar-refractivity contribution is 0.335. The van der Waals surface area contributed by atoms with E-state index in [0.717, 1.165) is 18.7 Å². The van der Waals surface area contributed by atoms with Crippen molar-refractivity contribution in [2.45, 2.75) is 13.0 Å². The number of aromatic nitrogens is 1. The van der Waals surface area contributed by atoms with Crippen molar-refractivity contribution in [3.05, 3.63) is 32.7 Å². The molecule has 0 amide bonds. The van der Waals surface area contributed by atoms with Gasteiger partial charge in [0.2, 0.25) is 0 Å². The maximum atomic E-state index is 11.6. The van der Waals surface area contributed by atoms with E-state index in [-0.39, 0.29) is 5.56 Å². The molecule has 13 heavy (non-hydrogen) atoms. The summed E-state index contributed by atoms with van der Waals surface area (Å²) in [5, 5.41) is 3.15. The van der Waals surface area contributed by atoms with E-state index in [0.29, 0.717) is 10.5 Å². The van der Waals surface area contributed by atoms with Gasteiger partial charge in [0.25, 0.3) is 5.56 Å². The van der Waals surface area contributed by atoms with Crippen LogP contribution in [0.4, 0.5) is 0 Å². The highest BCUT2D eigenvalue weighted by Gasteiger charge is 2.20. The normalized spacial score (nSPS) is 17.1. The van der Waals surface area contributed by atoms with Gasteiger partial charge in [0.1, 0.15) is 0 Å². The zero-order chi connectivity index (χ0) is 9.42. The van der Waals surface area contributed by atoms with Gasteiger partial charge in [-0.15, -0.1) is 0 Å². The number of aryl methyl sites for hydroxylation is 1. The van der Waals surface area contributed by atoms with E-state index >= 15 is 0 Å². The summed E-state index contributed by atoms with van der Waals surface area (Å²) in [6.07, 6.45) is 1.92. The molecular weight excluding hydrogens is 232 g/mol. The van der Waals surface area contributed by atoms with Crippen LogP contribution < -0.4 is 10.9 Å². The summed E-state index contributed by atoms with van der Waals surface area (Å²) in [4.78, 5) is 11.6. The number of rotatable bonds is 1. The van der Waals surface area contributed by atoms with Crippen molar-refractivity contribution in [3.8, 4) is 0 Å². The standard InChI is InChI=1S/C9H11BrN2O/c1-6-2-8(10)9(13)12(5-6)7-3-11-4-7/h2,5,7,11H,3-4H2,1H3. The summed E-state index contributed by atoms with van der Waals surface area (Å²) in [7, 11) is 0. The fourth-order valence-electron chi connectivity index (χ4n) is 1.44. The molecule has 1 aliphatic heterocycles. The highest BCUT2D eigenvalue weighted by molar-refractivity contribution is 9.10. The second-order valence-corrected chi connectivity index (χ2v) is 4.24. The Morgan fingerprint density at radius 1 is 1.62 bits per heavy atom. The van der Waals surface area contributed by atoms with Crippen molar-refractivity contribution in [1.82, 2.24) is 9.88 Å². The van der Waals surface area contributed by atoms with Crippen LogP contribution in [0.5, 0.6) is 0 Å². The van der Waals surface area contributed by atoms with Crippen LogP contribution in [0.15, 0.2) is 21.5 Å². The van der Waals surface area contributed by atoms with E-state index in [4.69, 9.17) is 0 Å². The number of nitrogens with one attached hydrogen (secondary N) is 1. The number of pyridine rings is 1. The van der Waals surface area contributed by atoms with Crippen LogP contribution >= 0.6 is 15.9 Å². The molecule has 0 spiro atoms. The minimum Gasteiger partial charge on any atom is -0.313 e. The Morgan fingerprint density at radius 3 is 2.85 bits per heavy atom. The predicted molar refractivity (Wildman–Crippen MR) is 55.0 cm³/mol. The van der Waals surface area contributed by atoms with Crippen LogP contribution in [0.1, 0.15) is 11.6 Å². The second-order valence-electron chi connectivity index (χ2n) is 3.39. The molecule has 0 saturated carbocycles. The zero-order valence-corrected chi connectivity index (χ0v) is 8.97. The monoisotopic (exact) mass is 242 g/mol. The molecule has 1 fully saturated rings. The molecule has 0 aromatic carbocycles. The Hall–Kier alpha value is -0.610. The van der Waals surface area contributed by atoms with Crippen LogP contribution in [0.3, 0.4) is 0 Å². The minimum absolute atomic E-state index is 0.0668. The summed E-state index contributed by atoms with van der Waals surface area (Å²) in [6.45, 7) is 3.79. The summed E-state index contributed by atoms with van der Waals surface area (Å²) in [5.41, 5.74) is 1.18. The van der Waals surface area contributed by atoms with Gasteiger partial charge in [-0.25, -0.2) is 0 Å². The van der Waals surface area contributed by atoms with Gasteiger partial charge >= 0.3 is 0 Å². The molecule has 70 valence electrons. The minimum atomic E-state index is 0.0668. The lowest BCUT2D eigenvalue weighted by Crippen LogP contribution is -2.46. The maximum Gasteiger partial charge on any atom is 0.265 e. The lowest BCUT2D eigenvalue weighted by atomic mass is 10.1. The first-order valence-corrected chi connectivity index (χ1v) is 5.07. The third-order valence-electron chi connectivity index (χ3n) is 2.29. The van der Waals surface area contributed by atoms with Gasteiger partial charge in [0.15, 0.2) is 0 Å². The Balaban J connectivity index is 2.49. The third-order valence-corrected chi connectivity index (χ3v) is 2.86. The largest absolute Gasteiger partial charge is 0.313 e. The maximum absolute atomic E-state index is 11.6. The Kier molecular flexibility index (Phi) is 2.26. The summed E-state index contributed by atoms with van der Waals surface area (Å²) in [5.74, 6) is 0. The summed E-state index contributed by atoms with van der Waals surface area (Å²) in [6, 6.07) is 2.19. The Bertz CT molecular complexity index is 382. The van der Waals surface area contributed by atoms with Crippen molar-refractivity contribution in [2.24, 2.45) is 0 Å². The number of nitrogens with zero attached hydrogens (tertiary/aromatic N) is 1. The van der Waals surface area contributed by atoms with Crippen molar-refractivity contribution in [1.29, 1.82) is 0 Å². The zero-order valence-electron chi connectivity index (χ0n) is 7.38. The fourth-order valence-corrected chi connectivity index (χ4v) is 2.01. The molecule has 0 bridgehead atoms. The average molecular weight is 243 g/mol. The van der Waals surface area contributed by atoms with Crippen LogP contribution in [0.2, 0.25) is 0 Å². The molecule has 4 heteroatoms. The smallest absolute Gasteiger partial charge is 0.265 e. The average Bonchev–Trinajstić information content (AvgIpc) is 1.95. The molecule has 2 heterocycles. The summed E-state index contributed by atoms with van der Waals surface area (Å²) < 4.78 is 2.45. The van der Waals surface area contributed by atoms with Crippen molar-refractivity contribution >= 4 is 15.9 Å². The van der Waals surface area contributed by atoms with Gasteiger partial charge in [-0.2, -0.15) is 0 Å². The Labute approximate surface area is 84.9 Å². The lowest BCUT2D eigenvalue weighted by Gasteiger charge is -2.29. The van der Waals surface area contributed by atoms with Gasteiger partial charge in [0.05, 0.1) is 10.5 Å². The highest BCUT2D eigenvalue weighted by atomic mass is 79.9. The molecular formula is C9H11BrN2O. The molecule has 1 aromatic rings. The van der Waals surface area contributed by atoms with Gasteiger partial charge in [-0.05, 0) is 34.5 Å². The molecule has 0 aliphatic carbocycles. The first kappa shape index (κ1) is 8.97. The van der Waals surface area contributed by atoms with E-state index in [1.165, 1.54) is 0 Å². The van der Waals surface area contributed by atoms with E-state index in [9.17, 15) is 4.79 Å². The molecule has 2 rings (SSSR count). The van der Waals surface area contributed by atoms with Gasteiger partial charge in [-0.3, -0.25) is 4.79 Å². The molecule has 1 N–H and O–H groups in total. The van der Waals surface area contributed by atoms with E-state index in [1.54, 1.807) is 4.57 Å². The first-order chi connectivity index (χ1) is 6.18. The van der Waals surface area contributed by atoms with E-state index in [2.05, 4.69) is 21.2 Å². The second kappa shape index (κ2) is 3.27. The fraction of sp³-hybridized carbons (Fsp3) is 0.444. The number of halogens is 1. The number of hydrogen-bond acceptors (Lipinski definition) is 2. The predicted octanol–water partition coefficient (Wildman–Crippen LogP) is 1.06. The molecule has 3 nitrogen and oxygen atoms in total. The van der Waals surface area contributed by atoms with Crippen LogP contribution in [-0.4, -0.2) is 17.7 Å². The van der Waals surface area contributed by atoms with E-state index < -0.39 is 0 Å². The van der Waals surface area contributed by atoms with Gasteiger partial charge in [0, 0.05) is 19.3 Å². The van der Waals surface area contributed by atoms with Crippen molar-refractivity contribution in [3.63, 3.8) is 0 Å². The molecule has 0 unspecified atom stereocenters. The van der Waals surface area contributed by atoms with Gasteiger partial charge in [-0.1, -0.05) is 0 Å². The quantitative estimate of drug-likeness (QED) is 0.800. The Morgan fingerprint density at radius 2 is 2.31 bits per heavy atom. The first-order valence-electron chi connectivity index (χ1n) is 4.27. The molecule has 0 radical (unpaired) electrons. The topological polar surface area (TPSA) is 34.0 Å². The van der Waals surface area contributed by atoms with Crippen LogP contribution in [-0.2, 0) is 0 Å². The highest BCUT2D eigenvalue weighted by Crippen LogP contribution is 2.12. The SMILES string of the molecule is Cc1cc(Br)c(=O)n(C2CNC2)c1.